The van der Waals surface area contributed by atoms with Gasteiger partial charge >= 0.3 is 0 Å². The molecule has 2 aromatic rings. The van der Waals surface area contributed by atoms with Crippen molar-refractivity contribution < 1.29 is 18.4 Å². The summed E-state index contributed by atoms with van der Waals surface area (Å²) in [6.45, 7) is 4.10. The van der Waals surface area contributed by atoms with Gasteiger partial charge in [-0.25, -0.2) is 8.78 Å². The summed E-state index contributed by atoms with van der Waals surface area (Å²) in [5.74, 6) is -2.52. The summed E-state index contributed by atoms with van der Waals surface area (Å²) in [4.78, 5) is 26.9. The van der Waals surface area contributed by atoms with Crippen LogP contribution in [0.5, 0.6) is 0 Å². The number of carbonyl (C=O) groups is 2. The first-order valence-electron chi connectivity index (χ1n) is 8.96. The van der Waals surface area contributed by atoms with Gasteiger partial charge in [-0.3, -0.25) is 9.59 Å². The van der Waals surface area contributed by atoms with Gasteiger partial charge in [0.1, 0.15) is 11.6 Å². The molecule has 0 spiro atoms. The highest BCUT2D eigenvalue weighted by Gasteiger charge is 2.41. The van der Waals surface area contributed by atoms with Gasteiger partial charge in [-0.05, 0) is 43.7 Å². The molecule has 0 aromatic heterocycles. The average molecular weight is 372 g/mol. The largest absolute Gasteiger partial charge is 0.354 e. The lowest BCUT2D eigenvalue weighted by Gasteiger charge is -2.19. The van der Waals surface area contributed by atoms with Gasteiger partial charge in [0.05, 0.1) is 11.5 Å². The van der Waals surface area contributed by atoms with Crippen molar-refractivity contribution in [3.8, 4) is 0 Å². The van der Waals surface area contributed by atoms with Crippen molar-refractivity contribution in [2.24, 2.45) is 5.92 Å². The summed E-state index contributed by atoms with van der Waals surface area (Å²) in [6, 6.07) is 11.8. The molecule has 1 saturated heterocycles. The Kier molecular flexibility index (Phi) is 5.54. The van der Waals surface area contributed by atoms with Gasteiger partial charge in [0, 0.05) is 25.0 Å². The second kappa shape index (κ2) is 7.86. The fraction of sp³-hybridized carbons (Fsp3) is 0.333. The van der Waals surface area contributed by atoms with Gasteiger partial charge in [-0.15, -0.1) is 0 Å². The zero-order valence-electron chi connectivity index (χ0n) is 15.3. The van der Waals surface area contributed by atoms with E-state index in [0.29, 0.717) is 5.56 Å². The Morgan fingerprint density at radius 3 is 2.48 bits per heavy atom. The number of carbonyl (C=O) groups excluding carboxylic acids is 2. The first-order valence-corrected chi connectivity index (χ1v) is 8.96. The normalized spacial score (nSPS) is 19.4. The number of halogens is 2. The molecule has 4 nitrogen and oxygen atoms in total. The summed E-state index contributed by atoms with van der Waals surface area (Å²) < 4.78 is 27.7. The number of nitrogens with one attached hydrogen (secondary N) is 1. The molecular weight excluding hydrogens is 350 g/mol. The van der Waals surface area contributed by atoms with Crippen molar-refractivity contribution in [3.05, 3.63) is 71.3 Å². The van der Waals surface area contributed by atoms with Crippen LogP contribution >= 0.6 is 0 Å². The third-order valence-electron chi connectivity index (χ3n) is 4.76. The third-order valence-corrected chi connectivity index (χ3v) is 4.76. The lowest BCUT2D eigenvalue weighted by atomic mass is 9.88. The van der Waals surface area contributed by atoms with E-state index in [1.54, 1.807) is 18.2 Å². The summed E-state index contributed by atoms with van der Waals surface area (Å²) >= 11 is 0. The molecule has 0 aliphatic carbocycles. The number of hydrogen-bond acceptors (Lipinski definition) is 2. The predicted molar refractivity (Wildman–Crippen MR) is 98.2 cm³/mol. The molecule has 0 bridgehead atoms. The number of rotatable bonds is 4. The van der Waals surface area contributed by atoms with Crippen LogP contribution in [-0.4, -0.2) is 35.8 Å². The molecule has 27 heavy (non-hydrogen) atoms. The lowest BCUT2D eigenvalue weighted by molar-refractivity contribution is -0.125. The van der Waals surface area contributed by atoms with E-state index in [4.69, 9.17) is 0 Å². The van der Waals surface area contributed by atoms with E-state index in [9.17, 15) is 18.4 Å². The summed E-state index contributed by atoms with van der Waals surface area (Å²) in [6.07, 6.45) is 0. The highest BCUT2D eigenvalue weighted by molar-refractivity contribution is 5.95. The number of nitrogens with zero attached hydrogens (tertiary/aromatic N) is 1. The van der Waals surface area contributed by atoms with E-state index in [2.05, 4.69) is 5.32 Å². The van der Waals surface area contributed by atoms with E-state index < -0.39 is 23.5 Å². The van der Waals surface area contributed by atoms with Crippen LogP contribution in [0.1, 0.15) is 35.7 Å². The molecule has 0 unspecified atom stereocenters. The van der Waals surface area contributed by atoms with Crippen molar-refractivity contribution >= 4 is 11.8 Å². The maximum absolute atomic E-state index is 14.0. The Morgan fingerprint density at radius 1 is 1.07 bits per heavy atom. The van der Waals surface area contributed by atoms with Gasteiger partial charge in [0.25, 0.3) is 5.91 Å². The van der Waals surface area contributed by atoms with Crippen LogP contribution in [0, 0.1) is 17.6 Å². The Balaban J connectivity index is 1.90. The first-order chi connectivity index (χ1) is 12.9. The molecule has 2 amide bonds. The van der Waals surface area contributed by atoms with Crippen molar-refractivity contribution in [1.29, 1.82) is 0 Å². The second-order valence-electron chi connectivity index (χ2n) is 7.12. The molecule has 0 radical (unpaired) electrons. The molecule has 3 rings (SSSR count). The second-order valence-corrected chi connectivity index (χ2v) is 7.12. The monoisotopic (exact) mass is 372 g/mol. The fourth-order valence-electron chi connectivity index (χ4n) is 3.51. The summed E-state index contributed by atoms with van der Waals surface area (Å²) in [5, 5.41) is 2.86. The minimum absolute atomic E-state index is 0.0274. The zero-order valence-corrected chi connectivity index (χ0v) is 15.3. The molecule has 2 aromatic carbocycles. The standard InChI is InChI=1S/C21H22F2N2O2/c1-13(2)24-20(26)18-12-25(21(27)16-8-3-4-9-19(16)23)11-17(18)14-6-5-7-15(22)10-14/h3-10,13,17-18H,11-12H2,1-2H3,(H,24,26)/t17-,18-/m0/s1. The molecule has 0 saturated carbocycles. The Bertz CT molecular complexity index is 854. The molecule has 1 aliphatic heterocycles. The van der Waals surface area contributed by atoms with Crippen LogP contribution in [0.3, 0.4) is 0 Å². The Hall–Kier alpha value is -2.76. The van der Waals surface area contributed by atoms with Crippen molar-refractivity contribution in [1.82, 2.24) is 10.2 Å². The van der Waals surface area contributed by atoms with Crippen LogP contribution in [0.2, 0.25) is 0 Å². The van der Waals surface area contributed by atoms with Crippen molar-refractivity contribution in [3.63, 3.8) is 0 Å². The van der Waals surface area contributed by atoms with Crippen LogP contribution in [-0.2, 0) is 4.79 Å². The summed E-state index contributed by atoms with van der Waals surface area (Å²) in [5.41, 5.74) is 0.628. The maximum atomic E-state index is 14.0. The van der Waals surface area contributed by atoms with E-state index in [1.165, 1.54) is 35.2 Å². The SMILES string of the molecule is CC(C)NC(=O)[C@H]1CN(C(=O)c2ccccc2F)C[C@H]1c1cccc(F)c1. The van der Waals surface area contributed by atoms with E-state index in [-0.39, 0.29) is 36.5 Å². The van der Waals surface area contributed by atoms with Crippen molar-refractivity contribution in [2.75, 3.05) is 13.1 Å². The fourth-order valence-corrected chi connectivity index (χ4v) is 3.51. The quantitative estimate of drug-likeness (QED) is 0.895. The predicted octanol–water partition coefficient (Wildman–Crippen LogP) is 3.35. The molecule has 1 N–H and O–H groups in total. The number of amides is 2. The Labute approximate surface area is 157 Å². The first kappa shape index (κ1) is 19.0. The average Bonchev–Trinajstić information content (AvgIpc) is 3.06. The van der Waals surface area contributed by atoms with Crippen LogP contribution in [0.4, 0.5) is 8.78 Å². The van der Waals surface area contributed by atoms with Crippen LogP contribution in [0.15, 0.2) is 48.5 Å². The molecule has 142 valence electrons. The zero-order chi connectivity index (χ0) is 19.6. The molecule has 1 fully saturated rings. The molecule has 1 heterocycles. The van der Waals surface area contributed by atoms with Gasteiger partial charge < -0.3 is 10.2 Å². The van der Waals surface area contributed by atoms with Crippen LogP contribution < -0.4 is 5.32 Å². The number of hydrogen-bond donors (Lipinski definition) is 1. The number of likely N-dealkylation sites (tertiary alicyclic amines) is 1. The van der Waals surface area contributed by atoms with E-state index in [1.807, 2.05) is 13.8 Å². The number of benzene rings is 2. The highest BCUT2D eigenvalue weighted by Crippen LogP contribution is 2.34. The summed E-state index contributed by atoms with van der Waals surface area (Å²) in [7, 11) is 0. The lowest BCUT2D eigenvalue weighted by Crippen LogP contribution is -2.39. The minimum Gasteiger partial charge on any atom is -0.354 e. The van der Waals surface area contributed by atoms with Crippen LogP contribution in [0.25, 0.3) is 0 Å². The van der Waals surface area contributed by atoms with Gasteiger partial charge in [0.2, 0.25) is 5.91 Å². The molecule has 6 heteroatoms. The van der Waals surface area contributed by atoms with Gasteiger partial charge in [0.15, 0.2) is 0 Å². The van der Waals surface area contributed by atoms with Crippen molar-refractivity contribution in [2.45, 2.75) is 25.8 Å². The van der Waals surface area contributed by atoms with E-state index >= 15 is 0 Å². The molecular formula is C21H22F2N2O2. The third kappa shape index (κ3) is 4.15. The maximum Gasteiger partial charge on any atom is 0.256 e. The minimum atomic E-state index is -0.597. The smallest absolute Gasteiger partial charge is 0.256 e. The van der Waals surface area contributed by atoms with Gasteiger partial charge in [-0.1, -0.05) is 24.3 Å². The molecule has 2 atom stereocenters. The van der Waals surface area contributed by atoms with Gasteiger partial charge in [-0.2, -0.15) is 0 Å². The highest BCUT2D eigenvalue weighted by atomic mass is 19.1. The topological polar surface area (TPSA) is 49.4 Å². The molecule has 1 aliphatic rings. The van der Waals surface area contributed by atoms with E-state index in [0.717, 1.165) is 0 Å². The Morgan fingerprint density at radius 2 is 1.81 bits per heavy atom.